The summed E-state index contributed by atoms with van der Waals surface area (Å²) in [4.78, 5) is 14.9. The predicted molar refractivity (Wildman–Crippen MR) is 80.5 cm³/mol. The number of phenols is 1. The highest BCUT2D eigenvalue weighted by Crippen LogP contribution is 2.40. The molecule has 1 heterocycles. The molecule has 0 fully saturated rings. The highest BCUT2D eigenvalue weighted by Gasteiger charge is 2.23. The minimum atomic E-state index is -3.12. The maximum atomic E-state index is 11.0. The van der Waals surface area contributed by atoms with E-state index in [1.54, 1.807) is 24.5 Å². The normalized spacial score (nSPS) is 12.4. The van der Waals surface area contributed by atoms with Crippen LogP contribution < -0.4 is 19.7 Å². The summed E-state index contributed by atoms with van der Waals surface area (Å²) < 4.78 is 26.0. The summed E-state index contributed by atoms with van der Waals surface area (Å²) in [6.45, 7) is 0. The van der Waals surface area contributed by atoms with E-state index in [4.69, 9.17) is 14.0 Å². The van der Waals surface area contributed by atoms with Gasteiger partial charge in [0.1, 0.15) is 0 Å². The average Bonchev–Trinajstić information content (AvgIpc) is 2.55. The fourth-order valence-corrected chi connectivity index (χ4v) is 2.27. The van der Waals surface area contributed by atoms with Crippen LogP contribution in [0.3, 0.4) is 0 Å². The zero-order valence-electron chi connectivity index (χ0n) is 12.4. The first-order chi connectivity index (χ1) is 11.0. The molecular weight excluding hydrogens is 323 g/mol. The summed E-state index contributed by atoms with van der Waals surface area (Å²) in [5.74, 6) is 0.0733. The maximum Gasteiger partial charge on any atom is 0.491 e. The van der Waals surface area contributed by atoms with Crippen LogP contribution in [0.4, 0.5) is 5.69 Å². The third-order valence-electron chi connectivity index (χ3n) is 2.97. The number of methoxy groups -OCH3 is 2. The van der Waals surface area contributed by atoms with Gasteiger partial charge in [-0.2, -0.15) is 0 Å². The molecule has 0 bridgehead atoms. The number of aromatic nitrogens is 1. The molecule has 2 aromatic rings. The van der Waals surface area contributed by atoms with E-state index in [0.29, 0.717) is 11.3 Å². The Hall–Kier alpha value is -2.41. The van der Waals surface area contributed by atoms with Gasteiger partial charge in [-0.1, -0.05) is 0 Å². The number of hydrogen-bond acceptors (Lipinski definition) is 8. The molecular formula is C14H15N2O6P. The molecule has 9 heteroatoms. The largest absolute Gasteiger partial charge is 0.566 e. The SMILES string of the molecule is COc1cc(C(Nc2ccncc2)O[P+](=O)[O-])cc(OC)c1O. The second kappa shape index (κ2) is 7.73. The Labute approximate surface area is 133 Å². The molecule has 0 saturated carbocycles. The van der Waals surface area contributed by atoms with Gasteiger partial charge in [0.2, 0.25) is 12.0 Å². The number of nitrogens with zero attached hydrogens (tertiary/aromatic N) is 1. The quantitative estimate of drug-likeness (QED) is 0.582. The zero-order chi connectivity index (χ0) is 16.8. The summed E-state index contributed by atoms with van der Waals surface area (Å²) in [5.41, 5.74) is 1.00. The zero-order valence-corrected chi connectivity index (χ0v) is 13.3. The van der Waals surface area contributed by atoms with Gasteiger partial charge in [0.25, 0.3) is 0 Å². The summed E-state index contributed by atoms with van der Waals surface area (Å²) in [7, 11) is -0.370. The van der Waals surface area contributed by atoms with Crippen LogP contribution in [0.1, 0.15) is 11.8 Å². The lowest BCUT2D eigenvalue weighted by Gasteiger charge is -2.18. The summed E-state index contributed by atoms with van der Waals surface area (Å²) in [6, 6.07) is 6.22. The highest BCUT2D eigenvalue weighted by atomic mass is 31.1. The topological polar surface area (TPSA) is 113 Å². The van der Waals surface area contributed by atoms with Crippen LogP contribution in [0.25, 0.3) is 0 Å². The van der Waals surface area contributed by atoms with Gasteiger partial charge in [-0.15, -0.1) is 4.52 Å². The van der Waals surface area contributed by atoms with Crippen LogP contribution in [0.15, 0.2) is 36.7 Å². The van der Waals surface area contributed by atoms with Crippen LogP contribution in [0.2, 0.25) is 0 Å². The Bertz CT molecular complexity index is 657. The molecule has 0 amide bonds. The minimum absolute atomic E-state index is 0.130. The number of anilines is 1. The van der Waals surface area contributed by atoms with Crippen LogP contribution in [0.5, 0.6) is 17.2 Å². The fourth-order valence-electron chi connectivity index (χ4n) is 1.92. The van der Waals surface area contributed by atoms with Crippen molar-refractivity contribution in [1.29, 1.82) is 0 Å². The number of nitrogens with one attached hydrogen (secondary N) is 1. The first-order valence-corrected chi connectivity index (χ1v) is 7.57. The molecule has 0 saturated heterocycles. The van der Waals surface area contributed by atoms with Crippen molar-refractivity contribution in [3.63, 3.8) is 0 Å². The standard InChI is InChI=1S/C14H15N2O6P/c1-20-11-7-9(8-12(21-2)13(11)17)14(22-23(18)19)16-10-3-5-15-6-4-10/h3-8,14,17H,1-2H3,(H,15,16). The van der Waals surface area contributed by atoms with E-state index in [-0.39, 0.29) is 17.2 Å². The van der Waals surface area contributed by atoms with Gasteiger partial charge in [-0.05, 0) is 28.8 Å². The van der Waals surface area contributed by atoms with Crippen molar-refractivity contribution in [2.24, 2.45) is 0 Å². The number of aromatic hydroxyl groups is 1. The third kappa shape index (κ3) is 4.29. The maximum absolute atomic E-state index is 11.0. The smallest absolute Gasteiger partial charge is 0.491 e. The average molecular weight is 338 g/mol. The number of ether oxygens (including phenoxy) is 2. The lowest BCUT2D eigenvalue weighted by Crippen LogP contribution is -2.14. The molecule has 2 rings (SSSR count). The van der Waals surface area contributed by atoms with E-state index in [1.807, 2.05) is 0 Å². The lowest BCUT2D eigenvalue weighted by molar-refractivity contribution is -0.188. The van der Waals surface area contributed by atoms with Crippen molar-refractivity contribution < 1.29 is 28.6 Å². The van der Waals surface area contributed by atoms with Gasteiger partial charge in [0.05, 0.1) is 14.2 Å². The highest BCUT2D eigenvalue weighted by molar-refractivity contribution is 7.30. The van der Waals surface area contributed by atoms with Gasteiger partial charge in [-0.3, -0.25) is 4.98 Å². The van der Waals surface area contributed by atoms with Gasteiger partial charge in [0, 0.05) is 23.6 Å². The molecule has 8 nitrogen and oxygen atoms in total. The second-order valence-electron chi connectivity index (χ2n) is 4.36. The molecule has 1 aromatic carbocycles. The van der Waals surface area contributed by atoms with E-state index in [0.717, 1.165) is 0 Å². The minimum Gasteiger partial charge on any atom is -0.566 e. The molecule has 1 aromatic heterocycles. The second-order valence-corrected chi connectivity index (χ2v) is 5.02. The monoisotopic (exact) mass is 338 g/mol. The van der Waals surface area contributed by atoms with Gasteiger partial charge < -0.3 is 24.8 Å². The van der Waals surface area contributed by atoms with Crippen LogP contribution in [-0.4, -0.2) is 24.3 Å². The number of hydrogen-bond donors (Lipinski definition) is 2. The number of pyridine rings is 1. The first kappa shape index (κ1) is 17.0. The van der Waals surface area contributed by atoms with Crippen molar-refractivity contribution in [2.45, 2.75) is 6.23 Å². The predicted octanol–water partition coefficient (Wildman–Crippen LogP) is 1.95. The Morgan fingerprint density at radius 3 is 2.26 bits per heavy atom. The molecule has 0 aliphatic carbocycles. The first-order valence-electron chi connectivity index (χ1n) is 6.47. The van der Waals surface area contributed by atoms with Crippen molar-refractivity contribution >= 4 is 13.9 Å². The van der Waals surface area contributed by atoms with Gasteiger partial charge in [0.15, 0.2) is 11.5 Å². The van der Waals surface area contributed by atoms with Crippen LogP contribution in [0, 0.1) is 0 Å². The van der Waals surface area contributed by atoms with Gasteiger partial charge >= 0.3 is 8.25 Å². The summed E-state index contributed by atoms with van der Waals surface area (Å²) in [5, 5.41) is 12.8. The van der Waals surface area contributed by atoms with E-state index < -0.39 is 14.5 Å². The molecule has 0 aliphatic rings. The molecule has 0 radical (unpaired) electrons. The molecule has 2 N–H and O–H groups in total. The van der Waals surface area contributed by atoms with Crippen molar-refractivity contribution in [2.75, 3.05) is 19.5 Å². The van der Waals surface area contributed by atoms with E-state index in [1.165, 1.54) is 26.4 Å². The summed E-state index contributed by atoms with van der Waals surface area (Å²) >= 11 is 0. The number of benzene rings is 1. The Kier molecular flexibility index (Phi) is 5.70. The van der Waals surface area contributed by atoms with Crippen molar-refractivity contribution in [3.05, 3.63) is 42.2 Å². The number of rotatable bonds is 7. The Morgan fingerprint density at radius 1 is 1.22 bits per heavy atom. The number of phenolic OH excluding ortho intramolecular Hbond substituents is 1. The molecule has 2 unspecified atom stereocenters. The van der Waals surface area contributed by atoms with Crippen LogP contribution in [-0.2, 0) is 9.09 Å². The van der Waals surface area contributed by atoms with E-state index >= 15 is 0 Å². The Morgan fingerprint density at radius 2 is 1.78 bits per heavy atom. The van der Waals surface area contributed by atoms with E-state index in [9.17, 15) is 14.6 Å². The molecule has 122 valence electrons. The van der Waals surface area contributed by atoms with Crippen LogP contribution >= 0.6 is 8.25 Å². The third-order valence-corrected chi connectivity index (χ3v) is 3.36. The molecule has 0 aliphatic heterocycles. The van der Waals surface area contributed by atoms with Gasteiger partial charge in [-0.25, -0.2) is 0 Å². The van der Waals surface area contributed by atoms with E-state index in [2.05, 4.69) is 10.3 Å². The molecule has 0 spiro atoms. The molecule has 2 atom stereocenters. The van der Waals surface area contributed by atoms with Crippen molar-refractivity contribution in [3.8, 4) is 17.2 Å². The Balaban J connectivity index is 2.40. The van der Waals surface area contributed by atoms with Crippen molar-refractivity contribution in [1.82, 2.24) is 4.98 Å². The fraction of sp³-hybridized carbons (Fsp3) is 0.214. The summed E-state index contributed by atoms with van der Waals surface area (Å²) in [6.07, 6.45) is 2.07. The molecule has 23 heavy (non-hydrogen) atoms. The lowest BCUT2D eigenvalue weighted by atomic mass is 10.1.